The molecule has 17 heteroatoms. The van der Waals surface area contributed by atoms with E-state index in [0.29, 0.717) is 42.1 Å². The first-order chi connectivity index (χ1) is 31.2. The minimum Gasteiger partial charge on any atom is -0.465 e. The van der Waals surface area contributed by atoms with Gasteiger partial charge in [0.25, 0.3) is 5.91 Å². The fourth-order valence-corrected chi connectivity index (χ4v) is 10.3. The van der Waals surface area contributed by atoms with Gasteiger partial charge in [0.15, 0.2) is 0 Å². The van der Waals surface area contributed by atoms with E-state index in [4.69, 9.17) is 14.5 Å². The SMILES string of the molecule is COC(=O)c1ccc(N2CCN(C3CCN(c4ccc(C(=O)Nc5cccc(Sc6cnc(N7CCC8(CC7)CO[C@@H](C)[C@H]8NC(=O)OC(C)(C)C)cn6)c5)cc4F)CC3)CC2)cc1F. The van der Waals surface area contributed by atoms with Crippen LogP contribution in [0.5, 0.6) is 0 Å². The molecule has 0 aliphatic carbocycles. The molecule has 1 aromatic heterocycles. The van der Waals surface area contributed by atoms with Crippen molar-refractivity contribution >= 4 is 52.6 Å². The number of anilines is 4. The number of nitrogens with one attached hydrogen (secondary N) is 2. The molecule has 14 nitrogen and oxygen atoms in total. The normalized spacial score (nSPS) is 20.4. The van der Waals surface area contributed by atoms with Crippen molar-refractivity contribution in [3.63, 3.8) is 0 Å². The highest BCUT2D eigenvalue weighted by Gasteiger charge is 2.50. The Labute approximate surface area is 383 Å². The van der Waals surface area contributed by atoms with E-state index < -0.39 is 35.2 Å². The smallest absolute Gasteiger partial charge is 0.407 e. The largest absolute Gasteiger partial charge is 0.465 e. The molecule has 1 spiro atoms. The van der Waals surface area contributed by atoms with Crippen LogP contribution in [0.2, 0.25) is 0 Å². The summed E-state index contributed by atoms with van der Waals surface area (Å²) in [5.74, 6) is -1.35. The minimum absolute atomic E-state index is 0.0749. The van der Waals surface area contributed by atoms with Gasteiger partial charge in [0.1, 0.15) is 28.1 Å². The molecule has 2 atom stereocenters. The van der Waals surface area contributed by atoms with Crippen LogP contribution in [0.25, 0.3) is 0 Å². The standard InChI is InChI=1S/C48H58F2N8O6S/c1-31-43(54-46(61)64-47(2,3)4)48(30-63-31)15-19-58(20-16-48)41-28-52-42(29-51-41)65-36-8-6-7-33(26-36)53-44(59)32-9-12-40(39(50)25-32)57-17-13-34(14-18-57)55-21-23-56(24-22-55)35-10-11-37(38(49)27-35)45(60)62-5/h6-12,25-29,31,34,43H,13-24,30H2,1-5H3,(H,53,59)(H,54,61)/t31-,43+/m0/s1. The third-order valence-corrected chi connectivity index (χ3v) is 13.9. The number of methoxy groups -OCH3 is 1. The van der Waals surface area contributed by atoms with Crippen LogP contribution in [0.3, 0.4) is 0 Å². The lowest BCUT2D eigenvalue weighted by molar-refractivity contribution is 0.0433. The van der Waals surface area contributed by atoms with Crippen molar-refractivity contribution in [1.82, 2.24) is 20.2 Å². The zero-order valence-electron chi connectivity index (χ0n) is 37.6. The molecule has 0 radical (unpaired) electrons. The summed E-state index contributed by atoms with van der Waals surface area (Å²) >= 11 is 1.43. The number of rotatable bonds is 10. The predicted molar refractivity (Wildman–Crippen MR) is 246 cm³/mol. The van der Waals surface area contributed by atoms with Gasteiger partial charge in [-0.2, -0.15) is 0 Å². The third kappa shape index (κ3) is 10.8. The maximum atomic E-state index is 15.6. The van der Waals surface area contributed by atoms with E-state index in [0.717, 1.165) is 81.4 Å². The van der Waals surface area contributed by atoms with Crippen molar-refractivity contribution in [2.24, 2.45) is 5.41 Å². The number of aromatic nitrogens is 2. The maximum absolute atomic E-state index is 15.6. The van der Waals surface area contributed by atoms with Gasteiger partial charge in [0.05, 0.1) is 49.5 Å². The van der Waals surface area contributed by atoms with E-state index in [9.17, 15) is 18.8 Å². The van der Waals surface area contributed by atoms with Gasteiger partial charge >= 0.3 is 12.1 Å². The minimum atomic E-state index is -0.693. The van der Waals surface area contributed by atoms with Crippen LogP contribution in [0.4, 0.5) is 36.5 Å². The Kier molecular flexibility index (Phi) is 13.8. The van der Waals surface area contributed by atoms with Gasteiger partial charge in [-0.1, -0.05) is 17.8 Å². The zero-order chi connectivity index (χ0) is 45.9. The molecule has 0 saturated carbocycles. The highest BCUT2D eigenvalue weighted by atomic mass is 32.2. The highest BCUT2D eigenvalue weighted by Crippen LogP contribution is 2.43. The number of ether oxygens (including phenoxy) is 3. The first kappa shape index (κ1) is 46.0. The number of piperazine rings is 1. The summed E-state index contributed by atoms with van der Waals surface area (Å²) < 4.78 is 46.4. The van der Waals surface area contributed by atoms with Gasteiger partial charge in [0, 0.05) is 85.6 Å². The number of alkyl carbamates (subject to hydrolysis) is 1. The van der Waals surface area contributed by atoms with Crippen molar-refractivity contribution in [3.05, 3.63) is 95.8 Å². The number of nitrogens with zero attached hydrogens (tertiary/aromatic N) is 6. The summed E-state index contributed by atoms with van der Waals surface area (Å²) in [6.07, 6.45) is 6.41. The summed E-state index contributed by atoms with van der Waals surface area (Å²) in [5.41, 5.74) is 1.20. The number of benzene rings is 3. The average molecular weight is 913 g/mol. The van der Waals surface area contributed by atoms with Crippen LogP contribution in [0, 0.1) is 17.0 Å². The van der Waals surface area contributed by atoms with Crippen molar-refractivity contribution in [3.8, 4) is 0 Å². The Morgan fingerprint density at radius 3 is 2.26 bits per heavy atom. The summed E-state index contributed by atoms with van der Waals surface area (Å²) in [7, 11) is 1.23. The van der Waals surface area contributed by atoms with Crippen molar-refractivity contribution in [1.29, 1.82) is 0 Å². The Hall–Kier alpha value is -5.52. The van der Waals surface area contributed by atoms with Crippen LogP contribution in [-0.2, 0) is 14.2 Å². The molecule has 8 rings (SSSR count). The van der Waals surface area contributed by atoms with E-state index in [2.05, 4.69) is 35.1 Å². The zero-order valence-corrected chi connectivity index (χ0v) is 38.5. The van der Waals surface area contributed by atoms with Crippen molar-refractivity contribution in [2.45, 2.75) is 87.1 Å². The van der Waals surface area contributed by atoms with Crippen LogP contribution >= 0.6 is 11.8 Å². The molecule has 2 amide bonds. The summed E-state index contributed by atoms with van der Waals surface area (Å²) in [6, 6.07) is 16.9. The first-order valence-electron chi connectivity index (χ1n) is 22.4. The maximum Gasteiger partial charge on any atom is 0.407 e. The number of hydrogen-bond donors (Lipinski definition) is 2. The lowest BCUT2D eigenvalue weighted by atomic mass is 9.73. The second-order valence-electron chi connectivity index (χ2n) is 18.3. The number of esters is 1. The molecule has 0 unspecified atom stereocenters. The van der Waals surface area contributed by atoms with Gasteiger partial charge in [-0.05, 0) is 108 Å². The van der Waals surface area contributed by atoms with E-state index in [1.165, 1.54) is 37.1 Å². The van der Waals surface area contributed by atoms with Gasteiger partial charge in [-0.15, -0.1) is 0 Å². The molecule has 5 heterocycles. The lowest BCUT2D eigenvalue weighted by Gasteiger charge is -2.43. The van der Waals surface area contributed by atoms with Crippen LogP contribution in [0.1, 0.15) is 74.1 Å². The van der Waals surface area contributed by atoms with Crippen LogP contribution < -0.4 is 25.3 Å². The number of carbonyl (C=O) groups excluding carboxylic acids is 3. The van der Waals surface area contributed by atoms with E-state index in [1.54, 1.807) is 36.7 Å². The Bertz CT molecular complexity index is 2340. The third-order valence-electron chi connectivity index (χ3n) is 13.0. The van der Waals surface area contributed by atoms with E-state index in [-0.39, 0.29) is 28.7 Å². The Morgan fingerprint density at radius 2 is 1.60 bits per heavy atom. The summed E-state index contributed by atoms with van der Waals surface area (Å²) in [5, 5.41) is 6.72. The Morgan fingerprint density at radius 1 is 0.846 bits per heavy atom. The molecule has 4 aromatic rings. The first-order valence-corrected chi connectivity index (χ1v) is 23.2. The number of hydrogen-bond acceptors (Lipinski definition) is 13. The predicted octanol–water partition coefficient (Wildman–Crippen LogP) is 7.63. The average Bonchev–Trinajstić information content (AvgIpc) is 3.58. The van der Waals surface area contributed by atoms with E-state index in [1.807, 2.05) is 50.8 Å². The van der Waals surface area contributed by atoms with Crippen LogP contribution in [-0.4, -0.2) is 123 Å². The molecule has 4 aliphatic heterocycles. The highest BCUT2D eigenvalue weighted by molar-refractivity contribution is 7.99. The molecule has 0 bridgehead atoms. The number of carbonyl (C=O) groups is 3. The van der Waals surface area contributed by atoms with Crippen LogP contribution in [0.15, 0.2) is 83.0 Å². The second kappa shape index (κ2) is 19.5. The summed E-state index contributed by atoms with van der Waals surface area (Å²) in [6.45, 7) is 14.1. The molecule has 4 fully saturated rings. The van der Waals surface area contributed by atoms with Gasteiger partial charge in [0.2, 0.25) is 0 Å². The van der Waals surface area contributed by atoms with Crippen molar-refractivity contribution < 1.29 is 37.4 Å². The molecular formula is C48H58F2N8O6S. The fourth-order valence-electron chi connectivity index (χ4n) is 9.51. The quantitative estimate of drug-likeness (QED) is 0.151. The second-order valence-corrected chi connectivity index (χ2v) is 19.4. The Balaban J connectivity index is 0.791. The molecular weight excluding hydrogens is 855 g/mol. The molecule has 3 aromatic carbocycles. The monoisotopic (exact) mass is 912 g/mol. The van der Waals surface area contributed by atoms with Crippen molar-refractivity contribution in [2.75, 3.05) is 86.1 Å². The van der Waals surface area contributed by atoms with Gasteiger partial charge in [-0.3, -0.25) is 9.69 Å². The van der Waals surface area contributed by atoms with Gasteiger partial charge in [-0.25, -0.2) is 28.3 Å². The number of amides is 2. The molecule has 4 aliphatic rings. The molecule has 2 N–H and O–H groups in total. The molecule has 346 valence electrons. The molecule has 4 saturated heterocycles. The number of halogens is 2. The van der Waals surface area contributed by atoms with Gasteiger partial charge < -0.3 is 39.5 Å². The molecule has 65 heavy (non-hydrogen) atoms. The van der Waals surface area contributed by atoms with E-state index >= 15 is 4.39 Å². The lowest BCUT2D eigenvalue weighted by Crippen LogP contribution is -2.55. The number of piperidine rings is 2. The summed E-state index contributed by atoms with van der Waals surface area (Å²) in [4.78, 5) is 56.9. The topological polar surface area (TPSA) is 142 Å². The fraction of sp³-hybridized carbons (Fsp3) is 0.479.